The van der Waals surface area contributed by atoms with Crippen molar-refractivity contribution in [3.05, 3.63) is 87.9 Å². The second-order valence-corrected chi connectivity index (χ2v) is 7.89. The molecule has 3 aromatic rings. The van der Waals surface area contributed by atoms with Crippen LogP contribution in [0.4, 0.5) is 0 Å². The highest BCUT2D eigenvalue weighted by molar-refractivity contribution is 7.80. The molecule has 0 bridgehead atoms. The first-order valence-electron chi connectivity index (χ1n) is 8.31. The lowest BCUT2D eigenvalue weighted by molar-refractivity contribution is 0.315. The topological polar surface area (TPSA) is 28.2 Å². The van der Waals surface area contributed by atoms with Gasteiger partial charge in [0, 0.05) is 22.5 Å². The Labute approximate surface area is 157 Å². The van der Waals surface area contributed by atoms with Gasteiger partial charge in [0.05, 0.1) is 17.8 Å². The molecule has 0 amide bonds. The predicted molar refractivity (Wildman–Crippen MR) is 106 cm³/mol. The highest BCUT2D eigenvalue weighted by atomic mass is 32.1. The van der Waals surface area contributed by atoms with Crippen molar-refractivity contribution in [2.24, 2.45) is 0 Å². The molecule has 1 aliphatic rings. The lowest BCUT2D eigenvalue weighted by Gasteiger charge is -2.27. The van der Waals surface area contributed by atoms with E-state index < -0.39 is 0 Å². The van der Waals surface area contributed by atoms with Gasteiger partial charge in [0.25, 0.3) is 0 Å². The molecule has 0 aliphatic carbocycles. The van der Waals surface area contributed by atoms with Gasteiger partial charge in [-0.15, -0.1) is 11.3 Å². The zero-order chi connectivity index (χ0) is 17.2. The number of nitrogens with one attached hydrogen (secondary N) is 1. The zero-order valence-corrected chi connectivity index (χ0v) is 15.6. The molecular weight excluding hydrogens is 346 g/mol. The van der Waals surface area contributed by atoms with Crippen molar-refractivity contribution in [2.75, 3.05) is 0 Å². The summed E-state index contributed by atoms with van der Waals surface area (Å²) in [6, 6.07) is 21.1. The predicted octanol–water partition coefficient (Wildman–Crippen LogP) is 4.62. The number of thiophene rings is 1. The average molecular weight is 366 g/mol. The molecule has 1 aliphatic heterocycles. The summed E-state index contributed by atoms with van der Waals surface area (Å²) in [5.74, 6) is 0. The minimum absolute atomic E-state index is 0.0652. The maximum atomic E-state index is 5.69. The van der Waals surface area contributed by atoms with Crippen LogP contribution in [0.5, 0.6) is 0 Å². The van der Waals surface area contributed by atoms with Crippen molar-refractivity contribution in [1.29, 1.82) is 0 Å². The highest BCUT2D eigenvalue weighted by Gasteiger charge is 2.40. The van der Waals surface area contributed by atoms with Gasteiger partial charge in [0.2, 0.25) is 0 Å². The van der Waals surface area contributed by atoms with Gasteiger partial charge in [-0.2, -0.15) is 0 Å². The number of aryl methyl sites for hydroxylation is 1. The van der Waals surface area contributed by atoms with Gasteiger partial charge < -0.3 is 10.2 Å². The number of hydrogen-bond donors (Lipinski definition) is 1. The quantitative estimate of drug-likeness (QED) is 0.683. The highest BCUT2D eigenvalue weighted by Crippen LogP contribution is 2.41. The number of thiocarbonyl (C=S) groups is 1. The van der Waals surface area contributed by atoms with Gasteiger partial charge in [-0.05, 0) is 49.0 Å². The van der Waals surface area contributed by atoms with E-state index in [1.807, 2.05) is 35.7 Å². The third-order valence-electron chi connectivity index (χ3n) is 4.45. The van der Waals surface area contributed by atoms with Gasteiger partial charge in [0.15, 0.2) is 5.11 Å². The maximum absolute atomic E-state index is 5.69. The van der Waals surface area contributed by atoms with Gasteiger partial charge in [0.1, 0.15) is 0 Å². The van der Waals surface area contributed by atoms with E-state index in [4.69, 9.17) is 12.2 Å². The summed E-state index contributed by atoms with van der Waals surface area (Å²) in [7, 11) is 0. The third kappa shape index (κ3) is 3.30. The first-order chi connectivity index (χ1) is 12.2. The third-order valence-corrected chi connectivity index (χ3v) is 5.87. The van der Waals surface area contributed by atoms with Crippen molar-refractivity contribution in [2.45, 2.75) is 25.6 Å². The van der Waals surface area contributed by atoms with Crippen LogP contribution in [-0.4, -0.2) is 15.0 Å². The van der Waals surface area contributed by atoms with Crippen LogP contribution in [-0.2, 0) is 6.54 Å². The second-order valence-electron chi connectivity index (χ2n) is 6.19. The van der Waals surface area contributed by atoms with Crippen molar-refractivity contribution in [3.8, 4) is 0 Å². The summed E-state index contributed by atoms with van der Waals surface area (Å²) in [5, 5.41) is 4.29. The number of pyridine rings is 1. The van der Waals surface area contributed by atoms with E-state index >= 15 is 0 Å². The Kier molecular flexibility index (Phi) is 4.51. The minimum atomic E-state index is 0.0652. The van der Waals surface area contributed by atoms with E-state index in [1.165, 1.54) is 15.3 Å². The SMILES string of the molecule is Cc1ccc(C2C(c3ccccn3)NC(=S)N2Cc2ccccc2)s1. The summed E-state index contributed by atoms with van der Waals surface area (Å²) in [6.45, 7) is 2.93. The van der Waals surface area contributed by atoms with Crippen LogP contribution >= 0.6 is 23.6 Å². The molecule has 3 nitrogen and oxygen atoms in total. The molecule has 5 heteroatoms. The molecule has 25 heavy (non-hydrogen) atoms. The fourth-order valence-electron chi connectivity index (χ4n) is 3.28. The fraction of sp³-hybridized carbons (Fsp3) is 0.200. The first-order valence-corrected chi connectivity index (χ1v) is 9.53. The molecule has 2 atom stereocenters. The average Bonchev–Trinajstić information content (AvgIpc) is 3.20. The summed E-state index contributed by atoms with van der Waals surface area (Å²) in [4.78, 5) is 9.49. The first kappa shape index (κ1) is 16.2. The standard InChI is InChI=1S/C20H19N3S2/c1-14-10-11-17(25-14)19-18(16-9-5-6-12-21-16)22-20(24)23(19)13-15-7-3-2-4-8-15/h2-12,18-19H,13H2,1H3,(H,22,24). The fourth-order valence-corrected chi connectivity index (χ4v) is 4.61. The molecule has 0 spiro atoms. The smallest absolute Gasteiger partial charge is 0.170 e. The van der Waals surface area contributed by atoms with E-state index in [-0.39, 0.29) is 12.1 Å². The summed E-state index contributed by atoms with van der Waals surface area (Å²) in [5.41, 5.74) is 2.28. The van der Waals surface area contributed by atoms with Gasteiger partial charge in [-0.3, -0.25) is 4.98 Å². The molecule has 3 heterocycles. The number of nitrogens with zero attached hydrogens (tertiary/aromatic N) is 2. The Morgan fingerprint density at radius 1 is 1.08 bits per heavy atom. The lowest BCUT2D eigenvalue weighted by Crippen LogP contribution is -2.28. The number of benzene rings is 1. The van der Waals surface area contributed by atoms with E-state index in [1.54, 1.807) is 0 Å². The molecule has 126 valence electrons. The molecule has 1 fully saturated rings. The Morgan fingerprint density at radius 2 is 1.88 bits per heavy atom. The minimum Gasteiger partial charge on any atom is -0.352 e. The van der Waals surface area contributed by atoms with E-state index in [9.17, 15) is 0 Å². The van der Waals surface area contributed by atoms with Crippen LogP contribution in [0.3, 0.4) is 0 Å². The van der Waals surface area contributed by atoms with Crippen LogP contribution < -0.4 is 5.32 Å². The van der Waals surface area contributed by atoms with Crippen LogP contribution in [0.1, 0.15) is 33.1 Å². The van der Waals surface area contributed by atoms with E-state index in [0.29, 0.717) is 0 Å². The molecule has 0 saturated carbocycles. The Morgan fingerprint density at radius 3 is 2.56 bits per heavy atom. The lowest BCUT2D eigenvalue weighted by atomic mass is 10.0. The van der Waals surface area contributed by atoms with Crippen LogP contribution in [0.15, 0.2) is 66.9 Å². The molecule has 0 radical (unpaired) electrons. The van der Waals surface area contributed by atoms with Crippen molar-refractivity contribution >= 4 is 28.7 Å². The summed E-state index contributed by atoms with van der Waals surface area (Å²) >= 11 is 7.52. The van der Waals surface area contributed by atoms with Crippen LogP contribution in [0.25, 0.3) is 0 Å². The molecule has 2 unspecified atom stereocenters. The second kappa shape index (κ2) is 6.94. The molecule has 1 N–H and O–H groups in total. The monoisotopic (exact) mass is 365 g/mol. The van der Waals surface area contributed by atoms with Crippen molar-refractivity contribution < 1.29 is 0 Å². The van der Waals surface area contributed by atoms with Gasteiger partial charge in [-0.25, -0.2) is 0 Å². The largest absolute Gasteiger partial charge is 0.352 e. The van der Waals surface area contributed by atoms with Crippen LogP contribution in [0.2, 0.25) is 0 Å². The molecule has 4 rings (SSSR count). The van der Waals surface area contributed by atoms with Gasteiger partial charge >= 0.3 is 0 Å². The summed E-state index contributed by atoms with van der Waals surface area (Å²) in [6.07, 6.45) is 1.84. The normalized spacial score (nSPS) is 19.9. The molecule has 1 saturated heterocycles. The van der Waals surface area contributed by atoms with Crippen LogP contribution in [0, 0.1) is 6.92 Å². The van der Waals surface area contributed by atoms with E-state index in [2.05, 4.69) is 64.6 Å². The number of aromatic nitrogens is 1. The Balaban J connectivity index is 1.72. The van der Waals surface area contributed by atoms with E-state index in [0.717, 1.165) is 17.4 Å². The Hall–Kier alpha value is -2.24. The Bertz CT molecular complexity index is 861. The zero-order valence-electron chi connectivity index (χ0n) is 13.9. The molecule has 2 aromatic heterocycles. The van der Waals surface area contributed by atoms with Crippen molar-refractivity contribution in [1.82, 2.24) is 15.2 Å². The summed E-state index contributed by atoms with van der Waals surface area (Å²) < 4.78 is 0. The number of rotatable bonds is 4. The van der Waals surface area contributed by atoms with Crippen molar-refractivity contribution in [3.63, 3.8) is 0 Å². The molecular formula is C20H19N3S2. The maximum Gasteiger partial charge on any atom is 0.170 e. The van der Waals surface area contributed by atoms with Gasteiger partial charge in [-0.1, -0.05) is 36.4 Å². The number of hydrogen-bond acceptors (Lipinski definition) is 3. The molecule has 1 aromatic carbocycles.